The Morgan fingerprint density at radius 1 is 1.23 bits per heavy atom. The molecule has 1 amide bonds. The van der Waals surface area contributed by atoms with Gasteiger partial charge in [-0.2, -0.15) is 0 Å². The maximum Gasteiger partial charge on any atom is 0.338 e. The first-order valence-corrected chi connectivity index (χ1v) is 8.16. The molecule has 0 aliphatic rings. The number of carbonyl (C=O) groups excluding carboxylic acids is 2. The van der Waals surface area contributed by atoms with Crippen LogP contribution < -0.4 is 5.32 Å². The number of esters is 1. The smallest absolute Gasteiger partial charge is 0.338 e. The van der Waals surface area contributed by atoms with Gasteiger partial charge in [0.15, 0.2) is 0 Å². The summed E-state index contributed by atoms with van der Waals surface area (Å²) in [5, 5.41) is 4.74. The SMILES string of the molecule is CCCCOC(=O)c1cccc(NC(=O)Cc2cccs2)c1. The van der Waals surface area contributed by atoms with Gasteiger partial charge >= 0.3 is 5.97 Å². The normalized spacial score (nSPS) is 10.2. The fourth-order valence-corrected chi connectivity index (χ4v) is 2.60. The topological polar surface area (TPSA) is 55.4 Å². The van der Waals surface area contributed by atoms with Crippen molar-refractivity contribution in [3.8, 4) is 0 Å². The zero-order valence-electron chi connectivity index (χ0n) is 12.5. The van der Waals surface area contributed by atoms with Gasteiger partial charge in [-0.25, -0.2) is 4.79 Å². The molecule has 0 spiro atoms. The van der Waals surface area contributed by atoms with Gasteiger partial charge < -0.3 is 10.1 Å². The third kappa shape index (κ3) is 5.00. The fraction of sp³-hybridized carbons (Fsp3) is 0.294. The maximum atomic E-state index is 12.0. The van der Waals surface area contributed by atoms with Gasteiger partial charge in [0.05, 0.1) is 18.6 Å². The minimum Gasteiger partial charge on any atom is -0.462 e. The van der Waals surface area contributed by atoms with E-state index in [4.69, 9.17) is 4.74 Å². The van der Waals surface area contributed by atoms with Gasteiger partial charge in [0.1, 0.15) is 0 Å². The summed E-state index contributed by atoms with van der Waals surface area (Å²) in [5.41, 5.74) is 1.05. The number of thiophene rings is 1. The summed E-state index contributed by atoms with van der Waals surface area (Å²) in [6.07, 6.45) is 2.16. The number of benzene rings is 1. The number of hydrogen-bond acceptors (Lipinski definition) is 4. The van der Waals surface area contributed by atoms with Crippen LogP contribution in [-0.2, 0) is 16.0 Å². The molecular formula is C17H19NO3S. The molecule has 0 atom stereocenters. The Labute approximate surface area is 134 Å². The molecule has 0 fully saturated rings. The molecule has 0 radical (unpaired) electrons. The molecular weight excluding hydrogens is 298 g/mol. The molecule has 22 heavy (non-hydrogen) atoms. The Morgan fingerprint density at radius 2 is 2.09 bits per heavy atom. The van der Waals surface area contributed by atoms with Crippen molar-refractivity contribution in [1.29, 1.82) is 0 Å². The van der Waals surface area contributed by atoms with Crippen LogP contribution in [0.15, 0.2) is 41.8 Å². The summed E-state index contributed by atoms with van der Waals surface area (Å²) in [7, 11) is 0. The van der Waals surface area contributed by atoms with Crippen LogP contribution in [-0.4, -0.2) is 18.5 Å². The van der Waals surface area contributed by atoms with E-state index in [0.29, 0.717) is 24.3 Å². The zero-order valence-corrected chi connectivity index (χ0v) is 13.3. The minimum absolute atomic E-state index is 0.0982. The lowest BCUT2D eigenvalue weighted by Gasteiger charge is -2.07. The molecule has 0 saturated heterocycles. The van der Waals surface area contributed by atoms with Crippen molar-refractivity contribution in [3.63, 3.8) is 0 Å². The van der Waals surface area contributed by atoms with Gasteiger partial charge in [-0.05, 0) is 36.1 Å². The molecule has 1 heterocycles. The van der Waals surface area contributed by atoms with E-state index >= 15 is 0 Å². The van der Waals surface area contributed by atoms with E-state index in [2.05, 4.69) is 5.32 Å². The van der Waals surface area contributed by atoms with E-state index in [1.807, 2.05) is 24.4 Å². The van der Waals surface area contributed by atoms with Crippen LogP contribution in [0.2, 0.25) is 0 Å². The Balaban J connectivity index is 1.93. The third-order valence-corrected chi connectivity index (χ3v) is 3.90. The zero-order chi connectivity index (χ0) is 15.8. The third-order valence-electron chi connectivity index (χ3n) is 3.03. The van der Waals surface area contributed by atoms with Crippen molar-refractivity contribution in [2.75, 3.05) is 11.9 Å². The number of anilines is 1. The Hall–Kier alpha value is -2.14. The highest BCUT2D eigenvalue weighted by Gasteiger charge is 2.09. The van der Waals surface area contributed by atoms with Crippen LogP contribution in [0.3, 0.4) is 0 Å². The number of hydrogen-bond donors (Lipinski definition) is 1. The first-order valence-electron chi connectivity index (χ1n) is 7.28. The van der Waals surface area contributed by atoms with Gasteiger partial charge in [-0.15, -0.1) is 11.3 Å². The Bertz CT molecular complexity index is 623. The molecule has 2 rings (SSSR count). The number of amides is 1. The van der Waals surface area contributed by atoms with E-state index in [0.717, 1.165) is 17.7 Å². The van der Waals surface area contributed by atoms with Gasteiger partial charge in [-0.3, -0.25) is 4.79 Å². The molecule has 1 aromatic carbocycles. The largest absolute Gasteiger partial charge is 0.462 e. The van der Waals surface area contributed by atoms with Gasteiger partial charge in [0.25, 0.3) is 0 Å². The monoisotopic (exact) mass is 317 g/mol. The van der Waals surface area contributed by atoms with Crippen molar-refractivity contribution in [2.45, 2.75) is 26.2 Å². The summed E-state index contributed by atoms with van der Waals surface area (Å²) < 4.78 is 5.16. The molecule has 2 aromatic rings. The Kier molecular flexibility index (Phi) is 6.15. The lowest BCUT2D eigenvalue weighted by atomic mass is 10.2. The molecule has 0 aliphatic carbocycles. The predicted octanol–water partition coefficient (Wildman–Crippen LogP) is 3.89. The van der Waals surface area contributed by atoms with E-state index < -0.39 is 0 Å². The van der Waals surface area contributed by atoms with Crippen molar-refractivity contribution in [2.24, 2.45) is 0 Å². The van der Waals surface area contributed by atoms with Crippen molar-refractivity contribution in [1.82, 2.24) is 0 Å². The fourth-order valence-electron chi connectivity index (χ4n) is 1.89. The summed E-state index contributed by atoms with van der Waals surface area (Å²) in [6.45, 7) is 2.46. The Morgan fingerprint density at radius 3 is 2.82 bits per heavy atom. The number of carbonyl (C=O) groups is 2. The van der Waals surface area contributed by atoms with Gasteiger partial charge in [0.2, 0.25) is 5.91 Å². The molecule has 1 aromatic heterocycles. The average Bonchev–Trinajstić information content (AvgIpc) is 3.00. The van der Waals surface area contributed by atoms with E-state index in [1.165, 1.54) is 0 Å². The van der Waals surface area contributed by atoms with Crippen molar-refractivity contribution >= 4 is 28.9 Å². The van der Waals surface area contributed by atoms with Crippen LogP contribution in [0.25, 0.3) is 0 Å². The lowest BCUT2D eigenvalue weighted by Crippen LogP contribution is -2.14. The molecule has 4 nitrogen and oxygen atoms in total. The molecule has 5 heteroatoms. The standard InChI is InChI=1S/C17H19NO3S/c1-2-3-9-21-17(20)13-6-4-7-14(11-13)18-16(19)12-15-8-5-10-22-15/h4-8,10-11H,2-3,9,12H2,1H3,(H,18,19). The highest BCUT2D eigenvalue weighted by atomic mass is 32.1. The molecule has 0 saturated carbocycles. The summed E-state index contributed by atoms with van der Waals surface area (Å²) >= 11 is 1.55. The number of ether oxygens (including phenoxy) is 1. The van der Waals surface area contributed by atoms with Gasteiger partial charge in [-0.1, -0.05) is 25.5 Å². The first kappa shape index (κ1) is 16.2. The summed E-state index contributed by atoms with van der Waals surface area (Å²) in [5.74, 6) is -0.457. The molecule has 0 bridgehead atoms. The van der Waals surface area contributed by atoms with E-state index in [9.17, 15) is 9.59 Å². The van der Waals surface area contributed by atoms with Crippen LogP contribution in [0.5, 0.6) is 0 Å². The number of nitrogens with one attached hydrogen (secondary N) is 1. The number of rotatable bonds is 7. The van der Waals surface area contributed by atoms with Crippen LogP contribution in [0.1, 0.15) is 35.0 Å². The molecule has 0 aliphatic heterocycles. The lowest BCUT2D eigenvalue weighted by molar-refractivity contribution is -0.115. The second-order valence-electron chi connectivity index (χ2n) is 4.87. The van der Waals surface area contributed by atoms with Gasteiger partial charge in [0, 0.05) is 10.6 Å². The number of unbranched alkanes of at least 4 members (excludes halogenated alkanes) is 1. The van der Waals surface area contributed by atoms with Crippen LogP contribution >= 0.6 is 11.3 Å². The van der Waals surface area contributed by atoms with Crippen LogP contribution in [0, 0.1) is 0 Å². The van der Waals surface area contributed by atoms with Crippen molar-refractivity contribution in [3.05, 3.63) is 52.2 Å². The highest BCUT2D eigenvalue weighted by Crippen LogP contribution is 2.14. The maximum absolute atomic E-state index is 12.0. The van der Waals surface area contributed by atoms with E-state index in [-0.39, 0.29) is 11.9 Å². The minimum atomic E-state index is -0.359. The van der Waals surface area contributed by atoms with Crippen LogP contribution in [0.4, 0.5) is 5.69 Å². The van der Waals surface area contributed by atoms with E-state index in [1.54, 1.807) is 35.6 Å². The molecule has 0 unspecified atom stereocenters. The second-order valence-corrected chi connectivity index (χ2v) is 5.91. The predicted molar refractivity (Wildman–Crippen MR) is 88.3 cm³/mol. The molecule has 116 valence electrons. The first-order chi connectivity index (χ1) is 10.7. The summed E-state index contributed by atoms with van der Waals surface area (Å²) in [4.78, 5) is 24.8. The summed E-state index contributed by atoms with van der Waals surface area (Å²) in [6, 6.07) is 10.7. The van der Waals surface area contributed by atoms with Crippen molar-refractivity contribution < 1.29 is 14.3 Å². The quantitative estimate of drug-likeness (QED) is 0.622. The molecule has 1 N–H and O–H groups in total. The average molecular weight is 317 g/mol. The highest BCUT2D eigenvalue weighted by molar-refractivity contribution is 7.10. The second kappa shape index (κ2) is 8.34.